The molecule has 0 bridgehead atoms. The zero-order chi connectivity index (χ0) is 13.5. The Balaban J connectivity index is 2.61. The second-order valence-corrected chi connectivity index (χ2v) is 5.28. The van der Waals surface area contributed by atoms with Crippen LogP contribution in [0.1, 0.15) is 0 Å². The van der Waals surface area contributed by atoms with E-state index >= 15 is 0 Å². The van der Waals surface area contributed by atoms with Crippen LogP contribution >= 0.6 is 0 Å². The third-order valence-electron chi connectivity index (χ3n) is 2.28. The van der Waals surface area contributed by atoms with Crippen molar-refractivity contribution in [3.8, 4) is 0 Å². The van der Waals surface area contributed by atoms with Gasteiger partial charge in [0.05, 0.1) is 5.69 Å². The zero-order valence-corrected chi connectivity index (χ0v) is 9.57. The number of carboxylic acid groups (broad SMARTS) is 1. The predicted octanol–water partition coefficient (Wildman–Crippen LogP) is 0.447. The molecule has 0 aromatic heterocycles. The number of rotatable bonds is 2. The standard InChI is InChI=1S/C9H7FN2O5S/c10-5-2-1-3-6-8(5)11-9(15)12(4-7(13)14)18(6,16)17/h1-3H,4H2,(H,11,15)(H,13,14). The Morgan fingerprint density at radius 3 is 2.72 bits per heavy atom. The highest BCUT2D eigenvalue weighted by molar-refractivity contribution is 7.90. The number of amides is 2. The molecule has 0 saturated carbocycles. The summed E-state index contributed by atoms with van der Waals surface area (Å²) in [6.45, 7) is -1.02. The summed E-state index contributed by atoms with van der Waals surface area (Å²) in [5.41, 5.74) is -0.468. The highest BCUT2D eigenvalue weighted by Crippen LogP contribution is 2.31. The van der Waals surface area contributed by atoms with E-state index in [1.165, 1.54) is 0 Å². The third kappa shape index (κ3) is 1.78. The van der Waals surface area contributed by atoms with E-state index in [9.17, 15) is 22.4 Å². The molecule has 0 unspecified atom stereocenters. The van der Waals surface area contributed by atoms with Crippen LogP contribution in [0.4, 0.5) is 14.9 Å². The van der Waals surface area contributed by atoms with Crippen molar-refractivity contribution < 1.29 is 27.5 Å². The van der Waals surface area contributed by atoms with Crippen LogP contribution in [0, 0.1) is 5.82 Å². The number of nitrogens with zero attached hydrogens (tertiary/aromatic N) is 1. The molecular weight excluding hydrogens is 267 g/mol. The molecule has 1 aliphatic heterocycles. The number of carboxylic acids is 1. The average Bonchev–Trinajstić information content (AvgIpc) is 2.26. The number of carbonyl (C=O) groups is 2. The maximum absolute atomic E-state index is 13.4. The number of halogens is 1. The minimum absolute atomic E-state index is 0.136. The van der Waals surface area contributed by atoms with Crippen LogP contribution in [-0.2, 0) is 14.8 Å². The van der Waals surface area contributed by atoms with Crippen LogP contribution in [0.15, 0.2) is 23.1 Å². The van der Waals surface area contributed by atoms with Crippen molar-refractivity contribution in [1.29, 1.82) is 0 Å². The molecule has 1 heterocycles. The van der Waals surface area contributed by atoms with Gasteiger partial charge in [0.1, 0.15) is 17.3 Å². The van der Waals surface area contributed by atoms with E-state index in [1.807, 2.05) is 5.32 Å². The number of sulfonamides is 1. The molecule has 9 heteroatoms. The normalized spacial score (nSPS) is 16.9. The Bertz CT molecular complexity index is 642. The quantitative estimate of drug-likeness (QED) is 0.814. The summed E-state index contributed by atoms with van der Waals surface area (Å²) in [5, 5.41) is 10.6. The highest BCUT2D eigenvalue weighted by atomic mass is 32.2. The van der Waals surface area contributed by atoms with Crippen molar-refractivity contribution >= 4 is 27.7 Å². The van der Waals surface area contributed by atoms with Crippen LogP contribution < -0.4 is 5.32 Å². The monoisotopic (exact) mass is 274 g/mol. The Morgan fingerprint density at radius 1 is 1.44 bits per heavy atom. The average molecular weight is 274 g/mol. The van der Waals surface area contributed by atoms with Crippen LogP contribution in [0.25, 0.3) is 0 Å². The molecule has 2 amide bonds. The largest absolute Gasteiger partial charge is 0.480 e. The molecule has 2 rings (SSSR count). The summed E-state index contributed by atoms with van der Waals surface area (Å²) in [7, 11) is -4.35. The molecule has 1 aromatic carbocycles. The molecule has 0 fully saturated rings. The minimum Gasteiger partial charge on any atom is -0.480 e. The summed E-state index contributed by atoms with van der Waals surface area (Å²) >= 11 is 0. The summed E-state index contributed by atoms with van der Waals surface area (Å²) in [5.74, 6) is -2.40. The first kappa shape index (κ1) is 12.3. The summed E-state index contributed by atoms with van der Waals surface area (Å²) in [4.78, 5) is 21.5. The first-order valence-corrected chi connectivity index (χ1v) is 6.12. The van der Waals surface area contributed by atoms with E-state index in [-0.39, 0.29) is 4.31 Å². The highest BCUT2D eigenvalue weighted by Gasteiger charge is 2.38. The first-order chi connectivity index (χ1) is 8.34. The van der Waals surface area contributed by atoms with Crippen molar-refractivity contribution in [3.63, 3.8) is 0 Å². The zero-order valence-electron chi connectivity index (χ0n) is 8.75. The molecule has 0 aliphatic carbocycles. The van der Waals surface area contributed by atoms with Gasteiger partial charge in [0.15, 0.2) is 0 Å². The Hall–Kier alpha value is -2.16. The number of urea groups is 1. The molecule has 0 atom stereocenters. The number of aliphatic carboxylic acids is 1. The summed E-state index contributed by atoms with van der Waals surface area (Å²) in [6, 6.07) is 2.03. The van der Waals surface area contributed by atoms with Gasteiger partial charge in [-0.1, -0.05) is 6.07 Å². The minimum atomic E-state index is -4.35. The maximum Gasteiger partial charge on any atom is 0.336 e. The van der Waals surface area contributed by atoms with Gasteiger partial charge in [0.25, 0.3) is 10.0 Å². The number of hydrogen-bond donors (Lipinski definition) is 2. The molecule has 7 nitrogen and oxygen atoms in total. The maximum atomic E-state index is 13.4. The van der Waals surface area contributed by atoms with Gasteiger partial charge in [0, 0.05) is 0 Å². The van der Waals surface area contributed by atoms with Crippen molar-refractivity contribution in [3.05, 3.63) is 24.0 Å². The Kier molecular flexibility index (Phi) is 2.70. The SMILES string of the molecule is O=C(O)CN1C(=O)Nc2c(F)cccc2S1(=O)=O. The van der Waals surface area contributed by atoms with Crippen LogP contribution in [-0.4, -0.2) is 36.4 Å². The van der Waals surface area contributed by atoms with Gasteiger partial charge in [-0.05, 0) is 12.1 Å². The van der Waals surface area contributed by atoms with Crippen LogP contribution in [0.3, 0.4) is 0 Å². The van der Waals surface area contributed by atoms with Gasteiger partial charge >= 0.3 is 12.0 Å². The molecule has 1 aromatic rings. The fourth-order valence-electron chi connectivity index (χ4n) is 1.52. The molecule has 18 heavy (non-hydrogen) atoms. The predicted molar refractivity (Wildman–Crippen MR) is 56.9 cm³/mol. The van der Waals surface area contributed by atoms with E-state index in [2.05, 4.69) is 0 Å². The lowest BCUT2D eigenvalue weighted by Gasteiger charge is -2.27. The van der Waals surface area contributed by atoms with E-state index in [0.29, 0.717) is 0 Å². The van der Waals surface area contributed by atoms with Gasteiger partial charge in [0.2, 0.25) is 0 Å². The van der Waals surface area contributed by atoms with Gasteiger partial charge in [-0.2, -0.15) is 0 Å². The summed E-state index contributed by atoms with van der Waals surface area (Å²) in [6.07, 6.45) is 0. The molecule has 0 spiro atoms. The lowest BCUT2D eigenvalue weighted by atomic mass is 10.3. The number of carbonyl (C=O) groups excluding carboxylic acids is 1. The first-order valence-electron chi connectivity index (χ1n) is 4.68. The lowest BCUT2D eigenvalue weighted by Crippen LogP contribution is -2.46. The topological polar surface area (TPSA) is 104 Å². The lowest BCUT2D eigenvalue weighted by molar-refractivity contribution is -0.136. The number of para-hydroxylation sites is 1. The van der Waals surface area contributed by atoms with Crippen molar-refractivity contribution in [2.75, 3.05) is 11.9 Å². The van der Waals surface area contributed by atoms with Gasteiger partial charge in [-0.3, -0.25) is 4.79 Å². The third-order valence-corrected chi connectivity index (χ3v) is 4.05. The van der Waals surface area contributed by atoms with E-state index in [1.54, 1.807) is 0 Å². The second-order valence-electron chi connectivity index (χ2n) is 3.45. The van der Waals surface area contributed by atoms with Crippen molar-refractivity contribution in [1.82, 2.24) is 4.31 Å². The molecule has 96 valence electrons. The number of benzene rings is 1. The Morgan fingerprint density at radius 2 is 2.11 bits per heavy atom. The van der Waals surface area contributed by atoms with Gasteiger partial charge < -0.3 is 10.4 Å². The molecule has 1 aliphatic rings. The molecule has 0 radical (unpaired) electrons. The van der Waals surface area contributed by atoms with E-state index in [0.717, 1.165) is 18.2 Å². The molecule has 0 saturated heterocycles. The fourth-order valence-corrected chi connectivity index (χ4v) is 2.96. The second kappa shape index (κ2) is 3.95. The fraction of sp³-hybridized carbons (Fsp3) is 0.111. The van der Waals surface area contributed by atoms with E-state index < -0.39 is 45.0 Å². The smallest absolute Gasteiger partial charge is 0.336 e. The van der Waals surface area contributed by atoms with Crippen LogP contribution in [0.5, 0.6) is 0 Å². The number of anilines is 1. The molecular formula is C9H7FN2O5S. The van der Waals surface area contributed by atoms with Gasteiger partial charge in [-0.15, -0.1) is 0 Å². The molecule has 2 N–H and O–H groups in total. The van der Waals surface area contributed by atoms with Gasteiger partial charge in [-0.25, -0.2) is 21.9 Å². The van der Waals surface area contributed by atoms with Crippen LogP contribution in [0.2, 0.25) is 0 Å². The van der Waals surface area contributed by atoms with Crippen molar-refractivity contribution in [2.24, 2.45) is 0 Å². The number of hydrogen-bond acceptors (Lipinski definition) is 4. The van der Waals surface area contributed by atoms with Crippen molar-refractivity contribution in [2.45, 2.75) is 4.90 Å². The van der Waals surface area contributed by atoms with E-state index in [4.69, 9.17) is 5.11 Å². The summed E-state index contributed by atoms with van der Waals surface area (Å²) < 4.78 is 37.4. The Labute approximate surface area is 101 Å². The number of fused-ring (bicyclic) bond motifs is 1. The number of nitrogens with one attached hydrogen (secondary N) is 1.